The molecule has 2 aromatic carbocycles. The van der Waals surface area contributed by atoms with E-state index in [9.17, 15) is 19.5 Å². The van der Waals surface area contributed by atoms with E-state index in [1.807, 2.05) is 30.3 Å². The molecule has 2 aromatic heterocycles. The van der Waals surface area contributed by atoms with Crippen LogP contribution in [0.15, 0.2) is 77.0 Å². The number of carbonyl (C=O) groups is 1. The molecule has 0 radical (unpaired) electrons. The Morgan fingerprint density at radius 1 is 1.07 bits per heavy atom. The molecule has 3 heterocycles. The number of hydrogen-bond acceptors (Lipinski definition) is 5. The smallest absolute Gasteiger partial charge is 0.273 e. The summed E-state index contributed by atoms with van der Waals surface area (Å²) in [4.78, 5) is 40.7. The maximum atomic E-state index is 14.3. The van der Waals surface area contributed by atoms with Crippen LogP contribution in [0.1, 0.15) is 47.9 Å². The van der Waals surface area contributed by atoms with Gasteiger partial charge in [0.25, 0.3) is 11.1 Å². The molecule has 2 fully saturated rings. The molecule has 1 amide bonds. The number of nitrogens with two attached hydrogens (primary N) is 1. The highest BCUT2D eigenvalue weighted by molar-refractivity contribution is 5.87. The fraction of sp³-hybridized carbons (Fsp3) is 0.281. The lowest BCUT2D eigenvalue weighted by atomic mass is 9.96. The SMILES string of the molecule is C=CC(=O)N1CCC(c2cc3cc(C4CC4)ccc3c(=O)n2-c2cccc(-c3cc(N)c(=O)n(C)c3)c2CO)C1. The third-order valence-electron chi connectivity index (χ3n) is 8.28. The Kier molecular flexibility index (Phi) is 6.43. The topological polar surface area (TPSA) is 111 Å². The first-order valence-electron chi connectivity index (χ1n) is 13.6. The number of carbonyl (C=O) groups excluding carboxylic acids is 1. The van der Waals surface area contributed by atoms with Crippen LogP contribution in [0, 0.1) is 0 Å². The number of rotatable bonds is 6. The van der Waals surface area contributed by atoms with Crippen molar-refractivity contribution in [1.82, 2.24) is 14.0 Å². The lowest BCUT2D eigenvalue weighted by Gasteiger charge is -2.23. The molecule has 4 aromatic rings. The first-order valence-corrected chi connectivity index (χ1v) is 13.6. The number of likely N-dealkylation sites (tertiary alicyclic amines) is 1. The summed E-state index contributed by atoms with van der Waals surface area (Å²) in [5.74, 6) is 0.349. The van der Waals surface area contributed by atoms with Gasteiger partial charge in [0.05, 0.1) is 18.0 Å². The van der Waals surface area contributed by atoms with Crippen LogP contribution in [0.4, 0.5) is 5.69 Å². The predicted octanol–water partition coefficient (Wildman–Crippen LogP) is 3.81. The van der Waals surface area contributed by atoms with E-state index in [1.54, 1.807) is 28.8 Å². The highest BCUT2D eigenvalue weighted by atomic mass is 16.3. The van der Waals surface area contributed by atoms with Crippen molar-refractivity contribution < 1.29 is 9.90 Å². The van der Waals surface area contributed by atoms with Crippen LogP contribution in [0.3, 0.4) is 0 Å². The van der Waals surface area contributed by atoms with Crippen LogP contribution in [0.2, 0.25) is 0 Å². The van der Waals surface area contributed by atoms with E-state index >= 15 is 0 Å². The predicted molar refractivity (Wildman–Crippen MR) is 157 cm³/mol. The van der Waals surface area contributed by atoms with Crippen molar-refractivity contribution >= 4 is 22.4 Å². The van der Waals surface area contributed by atoms with Gasteiger partial charge < -0.3 is 20.3 Å². The van der Waals surface area contributed by atoms with Gasteiger partial charge in [-0.05, 0) is 72.0 Å². The van der Waals surface area contributed by atoms with Gasteiger partial charge in [0.15, 0.2) is 0 Å². The zero-order valence-electron chi connectivity index (χ0n) is 22.5. The summed E-state index contributed by atoms with van der Waals surface area (Å²) in [6.07, 6.45) is 6.04. The molecule has 204 valence electrons. The van der Waals surface area contributed by atoms with Gasteiger partial charge in [-0.1, -0.05) is 30.8 Å². The largest absolute Gasteiger partial charge is 0.394 e. The quantitative estimate of drug-likeness (QED) is 0.364. The van der Waals surface area contributed by atoms with Gasteiger partial charge >= 0.3 is 0 Å². The molecule has 0 spiro atoms. The molecule has 1 aliphatic heterocycles. The molecule has 8 nitrogen and oxygen atoms in total. The molecular weight excluding hydrogens is 504 g/mol. The summed E-state index contributed by atoms with van der Waals surface area (Å²) in [5, 5.41) is 12.1. The normalized spacial score (nSPS) is 16.9. The van der Waals surface area contributed by atoms with Gasteiger partial charge in [0.1, 0.15) is 0 Å². The van der Waals surface area contributed by atoms with Gasteiger partial charge in [-0.2, -0.15) is 0 Å². The van der Waals surface area contributed by atoms with Crippen molar-refractivity contribution in [2.24, 2.45) is 7.05 Å². The van der Waals surface area contributed by atoms with Crippen LogP contribution >= 0.6 is 0 Å². The number of hydrogen-bond donors (Lipinski definition) is 2. The Hall–Kier alpha value is -4.43. The highest BCUT2D eigenvalue weighted by Crippen LogP contribution is 2.41. The molecule has 3 N–H and O–H groups in total. The number of aryl methyl sites for hydroxylation is 1. The van der Waals surface area contributed by atoms with E-state index in [1.165, 1.54) is 29.0 Å². The van der Waals surface area contributed by atoms with Crippen molar-refractivity contribution in [1.29, 1.82) is 0 Å². The summed E-state index contributed by atoms with van der Waals surface area (Å²) in [6, 6.07) is 15.3. The third-order valence-corrected chi connectivity index (χ3v) is 8.28. The maximum Gasteiger partial charge on any atom is 0.273 e. The Morgan fingerprint density at radius 3 is 2.58 bits per heavy atom. The van der Waals surface area contributed by atoms with Gasteiger partial charge in [0, 0.05) is 54.5 Å². The lowest BCUT2D eigenvalue weighted by Crippen LogP contribution is -2.29. The molecule has 8 heteroatoms. The summed E-state index contributed by atoms with van der Waals surface area (Å²) in [6.45, 7) is 4.35. The fourth-order valence-electron chi connectivity index (χ4n) is 6.01. The minimum atomic E-state index is -0.329. The van der Waals surface area contributed by atoms with Crippen molar-refractivity contribution in [3.8, 4) is 16.8 Å². The summed E-state index contributed by atoms with van der Waals surface area (Å²) in [5.41, 5.74) is 10.1. The van der Waals surface area contributed by atoms with E-state index in [2.05, 4.69) is 18.7 Å². The zero-order chi connectivity index (χ0) is 28.1. The maximum absolute atomic E-state index is 14.3. The number of nitrogens with zero attached hydrogens (tertiary/aromatic N) is 3. The number of benzene rings is 2. The van der Waals surface area contributed by atoms with Crippen LogP contribution < -0.4 is 16.9 Å². The number of fused-ring (bicyclic) bond motifs is 1. The molecule has 1 atom stereocenters. The molecule has 2 aliphatic rings. The van der Waals surface area contributed by atoms with Crippen LogP contribution in [0.5, 0.6) is 0 Å². The third kappa shape index (κ3) is 4.34. The van der Waals surface area contributed by atoms with Crippen LogP contribution in [-0.4, -0.2) is 38.1 Å². The minimum absolute atomic E-state index is 0.0750. The zero-order valence-corrected chi connectivity index (χ0v) is 22.5. The Labute approximate surface area is 231 Å². The van der Waals surface area contributed by atoms with Crippen LogP contribution in [-0.2, 0) is 18.4 Å². The monoisotopic (exact) mass is 536 g/mol. The number of amides is 1. The average molecular weight is 537 g/mol. The van der Waals surface area contributed by atoms with Crippen molar-refractivity contribution in [3.05, 3.63) is 105 Å². The second-order valence-corrected chi connectivity index (χ2v) is 10.9. The minimum Gasteiger partial charge on any atom is -0.394 e. The summed E-state index contributed by atoms with van der Waals surface area (Å²) < 4.78 is 3.11. The average Bonchev–Trinajstić information content (AvgIpc) is 3.70. The molecule has 40 heavy (non-hydrogen) atoms. The molecular formula is C32H32N4O4. The first-order chi connectivity index (χ1) is 19.3. The Morgan fingerprint density at radius 2 is 1.88 bits per heavy atom. The Bertz CT molecular complexity index is 1770. The van der Waals surface area contributed by atoms with Gasteiger partial charge in [0.2, 0.25) is 5.91 Å². The number of aromatic nitrogens is 2. The van der Waals surface area contributed by atoms with E-state index in [4.69, 9.17) is 5.73 Å². The fourth-order valence-corrected chi connectivity index (χ4v) is 6.01. The van der Waals surface area contributed by atoms with Crippen molar-refractivity contribution in [2.45, 2.75) is 37.7 Å². The molecule has 1 unspecified atom stereocenters. The number of aliphatic hydroxyl groups is 1. The summed E-state index contributed by atoms with van der Waals surface area (Å²) in [7, 11) is 1.63. The number of aliphatic hydroxyl groups excluding tert-OH is 1. The van der Waals surface area contributed by atoms with E-state index in [0.717, 1.165) is 11.1 Å². The second-order valence-electron chi connectivity index (χ2n) is 10.9. The number of nitrogen functional groups attached to an aromatic ring is 1. The van der Waals surface area contributed by atoms with Crippen molar-refractivity contribution in [2.75, 3.05) is 18.8 Å². The standard InChI is InChI=1S/C32H32N4O4/c1-3-30(38)35-12-11-21(17-35)29-15-22-13-20(19-7-8-19)9-10-25(22)31(39)36(29)28-6-4-5-24(26(28)18-37)23-14-27(33)32(40)34(2)16-23/h3-6,9-10,13-16,19,21,37H,1,7-8,11-12,17-18,33H2,2H3. The van der Waals surface area contributed by atoms with Crippen molar-refractivity contribution in [3.63, 3.8) is 0 Å². The number of pyridine rings is 2. The lowest BCUT2D eigenvalue weighted by molar-refractivity contribution is -0.125. The van der Waals surface area contributed by atoms with E-state index in [0.29, 0.717) is 53.2 Å². The van der Waals surface area contributed by atoms with Gasteiger partial charge in [-0.15, -0.1) is 0 Å². The molecule has 0 bridgehead atoms. The van der Waals surface area contributed by atoms with Gasteiger partial charge in [-0.25, -0.2) is 0 Å². The van der Waals surface area contributed by atoms with E-state index in [-0.39, 0.29) is 35.2 Å². The van der Waals surface area contributed by atoms with Gasteiger partial charge in [-0.3, -0.25) is 19.0 Å². The second kappa shape index (κ2) is 9.95. The molecule has 1 saturated heterocycles. The van der Waals surface area contributed by atoms with E-state index < -0.39 is 0 Å². The number of anilines is 1. The first kappa shape index (κ1) is 25.8. The highest BCUT2D eigenvalue weighted by Gasteiger charge is 2.30. The molecule has 6 rings (SSSR count). The molecule has 1 saturated carbocycles. The summed E-state index contributed by atoms with van der Waals surface area (Å²) >= 11 is 0. The Balaban J connectivity index is 1.59. The molecule has 1 aliphatic carbocycles. The van der Waals surface area contributed by atoms with Crippen LogP contribution in [0.25, 0.3) is 27.6 Å².